The van der Waals surface area contributed by atoms with Crippen molar-refractivity contribution in [1.82, 2.24) is 4.98 Å². The van der Waals surface area contributed by atoms with Gasteiger partial charge in [0.15, 0.2) is 0 Å². The Labute approximate surface area is 117 Å². The van der Waals surface area contributed by atoms with E-state index in [2.05, 4.69) is 20.9 Å². The number of hydrogen-bond acceptors (Lipinski definition) is 3. The minimum absolute atomic E-state index is 0.140. The molecule has 0 saturated heterocycles. The van der Waals surface area contributed by atoms with Gasteiger partial charge >= 0.3 is 5.97 Å². The van der Waals surface area contributed by atoms with Gasteiger partial charge in [-0.05, 0) is 36.8 Å². The molecule has 1 N–H and O–H groups in total. The molecular formula is C13H9BrFNO3. The highest BCUT2D eigenvalue weighted by molar-refractivity contribution is 9.10. The van der Waals surface area contributed by atoms with Crippen molar-refractivity contribution >= 4 is 21.9 Å². The smallest absolute Gasteiger partial charge is 0.341 e. The van der Waals surface area contributed by atoms with E-state index in [1.165, 1.54) is 0 Å². The van der Waals surface area contributed by atoms with Crippen molar-refractivity contribution in [2.75, 3.05) is 0 Å². The molecule has 0 fully saturated rings. The molecule has 0 radical (unpaired) electrons. The van der Waals surface area contributed by atoms with Gasteiger partial charge in [-0.2, -0.15) is 0 Å². The van der Waals surface area contributed by atoms with Crippen LogP contribution in [0.2, 0.25) is 0 Å². The highest BCUT2D eigenvalue weighted by atomic mass is 79.9. The molecule has 0 aliphatic heterocycles. The van der Waals surface area contributed by atoms with Crippen LogP contribution in [0.15, 0.2) is 34.9 Å². The van der Waals surface area contributed by atoms with Crippen LogP contribution in [0.25, 0.3) is 0 Å². The minimum atomic E-state index is -1.29. The van der Waals surface area contributed by atoms with Gasteiger partial charge in [-0.1, -0.05) is 15.9 Å². The van der Waals surface area contributed by atoms with E-state index in [1.807, 2.05) is 13.0 Å². The van der Waals surface area contributed by atoms with Gasteiger partial charge in [0.05, 0.1) is 6.20 Å². The van der Waals surface area contributed by atoms with Crippen molar-refractivity contribution in [3.63, 3.8) is 0 Å². The van der Waals surface area contributed by atoms with Crippen LogP contribution in [-0.4, -0.2) is 16.1 Å². The molecule has 0 aliphatic rings. The maximum Gasteiger partial charge on any atom is 0.341 e. The standard InChI is InChI=1S/C13H9BrFNO3/c1-7-4-8(14)2-3-11(7)19-12-10(13(17)18)5-9(15)6-16-12/h2-6H,1H3,(H,17,18). The summed E-state index contributed by atoms with van der Waals surface area (Å²) in [6, 6.07) is 6.13. The van der Waals surface area contributed by atoms with E-state index in [0.29, 0.717) is 5.75 Å². The summed E-state index contributed by atoms with van der Waals surface area (Å²) in [5.74, 6) is -1.70. The summed E-state index contributed by atoms with van der Waals surface area (Å²) >= 11 is 3.31. The molecule has 0 spiro atoms. The fourth-order valence-corrected chi connectivity index (χ4v) is 1.97. The molecule has 2 rings (SSSR count). The first-order chi connectivity index (χ1) is 8.97. The highest BCUT2D eigenvalue weighted by Gasteiger charge is 2.15. The third kappa shape index (κ3) is 3.08. The molecule has 98 valence electrons. The number of carboxylic acid groups (broad SMARTS) is 1. The lowest BCUT2D eigenvalue weighted by atomic mass is 10.2. The molecule has 0 unspecified atom stereocenters. The van der Waals surface area contributed by atoms with Crippen LogP contribution < -0.4 is 4.74 Å². The zero-order chi connectivity index (χ0) is 14.0. The lowest BCUT2D eigenvalue weighted by Crippen LogP contribution is -2.03. The number of carboxylic acids is 1. The molecule has 2 aromatic rings. The Morgan fingerprint density at radius 1 is 1.42 bits per heavy atom. The summed E-state index contributed by atoms with van der Waals surface area (Å²) in [5, 5.41) is 8.99. The first-order valence-corrected chi connectivity index (χ1v) is 6.09. The Kier molecular flexibility index (Phi) is 3.80. The largest absolute Gasteiger partial charge is 0.477 e. The van der Waals surface area contributed by atoms with Crippen molar-refractivity contribution in [2.24, 2.45) is 0 Å². The zero-order valence-electron chi connectivity index (χ0n) is 9.85. The van der Waals surface area contributed by atoms with E-state index in [1.54, 1.807) is 12.1 Å². The molecule has 1 aromatic carbocycles. The second-order valence-electron chi connectivity index (χ2n) is 3.82. The number of benzene rings is 1. The Balaban J connectivity index is 2.40. The second-order valence-corrected chi connectivity index (χ2v) is 4.74. The Morgan fingerprint density at radius 3 is 2.79 bits per heavy atom. The fourth-order valence-electron chi connectivity index (χ4n) is 1.49. The Hall–Kier alpha value is -1.95. The predicted molar refractivity (Wildman–Crippen MR) is 70.1 cm³/mol. The molecule has 19 heavy (non-hydrogen) atoms. The van der Waals surface area contributed by atoms with Crippen LogP contribution in [0.5, 0.6) is 11.6 Å². The number of aryl methyl sites for hydroxylation is 1. The van der Waals surface area contributed by atoms with Gasteiger partial charge in [-0.15, -0.1) is 0 Å². The Morgan fingerprint density at radius 2 is 2.16 bits per heavy atom. The van der Waals surface area contributed by atoms with Crippen molar-refractivity contribution in [3.8, 4) is 11.6 Å². The zero-order valence-corrected chi connectivity index (χ0v) is 11.4. The van der Waals surface area contributed by atoms with Crippen molar-refractivity contribution in [2.45, 2.75) is 6.92 Å². The van der Waals surface area contributed by atoms with Crippen LogP contribution in [0.1, 0.15) is 15.9 Å². The van der Waals surface area contributed by atoms with Crippen molar-refractivity contribution < 1.29 is 19.0 Å². The molecule has 1 aromatic heterocycles. The number of aromatic nitrogens is 1. The predicted octanol–water partition coefficient (Wildman–Crippen LogP) is 3.78. The summed E-state index contributed by atoms with van der Waals surface area (Å²) in [5.41, 5.74) is 0.485. The number of ether oxygens (including phenoxy) is 1. The molecule has 6 heteroatoms. The fraction of sp³-hybridized carbons (Fsp3) is 0.0769. The van der Waals surface area contributed by atoms with Gasteiger partial charge in [-0.25, -0.2) is 14.2 Å². The van der Waals surface area contributed by atoms with E-state index in [0.717, 1.165) is 22.3 Å². The molecule has 0 aliphatic carbocycles. The number of rotatable bonds is 3. The second kappa shape index (κ2) is 5.36. The van der Waals surface area contributed by atoms with Gasteiger partial charge in [0.1, 0.15) is 17.1 Å². The maximum absolute atomic E-state index is 13.0. The van der Waals surface area contributed by atoms with Gasteiger partial charge in [-0.3, -0.25) is 0 Å². The molecule has 0 atom stereocenters. The normalized spacial score (nSPS) is 10.3. The summed E-state index contributed by atoms with van der Waals surface area (Å²) < 4.78 is 19.3. The van der Waals surface area contributed by atoms with Crippen LogP contribution >= 0.6 is 15.9 Å². The number of pyridine rings is 1. The van der Waals surface area contributed by atoms with E-state index in [9.17, 15) is 9.18 Å². The van der Waals surface area contributed by atoms with E-state index in [-0.39, 0.29) is 11.4 Å². The van der Waals surface area contributed by atoms with Crippen molar-refractivity contribution in [3.05, 3.63) is 51.9 Å². The van der Waals surface area contributed by atoms with Crippen molar-refractivity contribution in [1.29, 1.82) is 0 Å². The van der Waals surface area contributed by atoms with E-state index >= 15 is 0 Å². The highest BCUT2D eigenvalue weighted by Crippen LogP contribution is 2.28. The summed E-state index contributed by atoms with van der Waals surface area (Å²) in [7, 11) is 0. The number of aromatic carboxylic acids is 1. The number of nitrogens with zero attached hydrogens (tertiary/aromatic N) is 1. The topological polar surface area (TPSA) is 59.4 Å². The van der Waals surface area contributed by atoms with Gasteiger partial charge in [0.2, 0.25) is 5.88 Å². The first-order valence-electron chi connectivity index (χ1n) is 5.30. The quantitative estimate of drug-likeness (QED) is 0.932. The van der Waals surface area contributed by atoms with E-state index in [4.69, 9.17) is 9.84 Å². The third-order valence-electron chi connectivity index (χ3n) is 2.39. The van der Waals surface area contributed by atoms with Gasteiger partial charge in [0, 0.05) is 4.47 Å². The number of carbonyl (C=O) groups is 1. The van der Waals surface area contributed by atoms with Crippen LogP contribution in [0.3, 0.4) is 0 Å². The van der Waals surface area contributed by atoms with Crippen LogP contribution in [0, 0.1) is 12.7 Å². The van der Waals surface area contributed by atoms with Gasteiger partial charge < -0.3 is 9.84 Å². The molecule has 0 amide bonds. The third-order valence-corrected chi connectivity index (χ3v) is 2.89. The summed E-state index contributed by atoms with van der Waals surface area (Å²) in [6.07, 6.45) is 0.913. The van der Waals surface area contributed by atoms with E-state index < -0.39 is 11.8 Å². The molecule has 1 heterocycles. The summed E-state index contributed by atoms with van der Waals surface area (Å²) in [4.78, 5) is 14.7. The molecule has 0 saturated carbocycles. The minimum Gasteiger partial charge on any atom is -0.477 e. The number of halogens is 2. The SMILES string of the molecule is Cc1cc(Br)ccc1Oc1ncc(F)cc1C(=O)O. The van der Waals surface area contributed by atoms with Crippen LogP contribution in [-0.2, 0) is 0 Å². The summed E-state index contributed by atoms with van der Waals surface area (Å²) in [6.45, 7) is 1.81. The lowest BCUT2D eigenvalue weighted by molar-refractivity contribution is 0.0692. The molecule has 0 bridgehead atoms. The lowest BCUT2D eigenvalue weighted by Gasteiger charge is -2.10. The molecule has 4 nitrogen and oxygen atoms in total. The average Bonchev–Trinajstić information content (AvgIpc) is 2.34. The first kappa shape index (κ1) is 13.5. The van der Waals surface area contributed by atoms with Gasteiger partial charge in [0.25, 0.3) is 0 Å². The molecular weight excluding hydrogens is 317 g/mol. The van der Waals surface area contributed by atoms with Crippen LogP contribution in [0.4, 0.5) is 4.39 Å². The monoisotopic (exact) mass is 325 g/mol. The Bertz CT molecular complexity index is 646. The number of hydrogen-bond donors (Lipinski definition) is 1. The average molecular weight is 326 g/mol. The maximum atomic E-state index is 13.0.